The van der Waals surface area contributed by atoms with Crippen LogP contribution in [0.5, 0.6) is 0 Å². The molecule has 2 aromatic heterocycles. The summed E-state index contributed by atoms with van der Waals surface area (Å²) in [6.45, 7) is 8.05. The maximum absolute atomic E-state index is 6.10. The predicted molar refractivity (Wildman–Crippen MR) is 108 cm³/mol. The van der Waals surface area contributed by atoms with Crippen LogP contribution in [0.25, 0.3) is 22.2 Å². The van der Waals surface area contributed by atoms with Crippen LogP contribution in [0.1, 0.15) is 31.4 Å². The molecule has 0 spiro atoms. The minimum Gasteiger partial charge on any atom is -0.347 e. The molecule has 6 nitrogen and oxygen atoms in total. The molecule has 0 saturated carbocycles. The van der Waals surface area contributed by atoms with E-state index < -0.39 is 6.29 Å². The van der Waals surface area contributed by atoms with Crippen LogP contribution >= 0.6 is 11.6 Å². The third-order valence-electron chi connectivity index (χ3n) is 4.44. The Morgan fingerprint density at radius 2 is 1.89 bits per heavy atom. The third-order valence-corrected chi connectivity index (χ3v) is 4.62. The Morgan fingerprint density at radius 1 is 1.19 bits per heavy atom. The smallest absolute Gasteiger partial charge is 0.224 e. The average molecular weight is 389 g/mol. The lowest BCUT2D eigenvalue weighted by molar-refractivity contribution is -0.143. The van der Waals surface area contributed by atoms with Crippen molar-refractivity contribution in [3.63, 3.8) is 0 Å². The molecule has 0 amide bonds. The summed E-state index contributed by atoms with van der Waals surface area (Å²) in [7, 11) is 0. The van der Waals surface area contributed by atoms with Crippen molar-refractivity contribution in [2.75, 3.05) is 19.8 Å². The molecule has 7 heteroatoms. The van der Waals surface area contributed by atoms with Crippen LogP contribution in [0.15, 0.2) is 30.5 Å². The molecule has 0 aliphatic rings. The first-order valence-corrected chi connectivity index (χ1v) is 9.54. The number of nitrogens with zero attached hydrogens (tertiary/aromatic N) is 3. The van der Waals surface area contributed by atoms with E-state index in [2.05, 4.69) is 29.0 Å². The summed E-state index contributed by atoms with van der Waals surface area (Å²) >= 11 is 6.10. The molecule has 2 N–H and O–H groups in total. The SMILES string of the molecule is CCOC(OCC)c1c(-c2ccccc2C)c2cnc(Cl)nc2n1CCN. The Bertz CT molecular complexity index is 920. The first-order chi connectivity index (χ1) is 13.1. The van der Waals surface area contributed by atoms with Crippen LogP contribution in [0, 0.1) is 6.92 Å². The van der Waals surface area contributed by atoms with Crippen LogP contribution in [0.3, 0.4) is 0 Å². The maximum Gasteiger partial charge on any atom is 0.224 e. The Hall–Kier alpha value is -1.99. The first-order valence-electron chi connectivity index (χ1n) is 9.16. The molecular formula is C20H25ClN4O2. The van der Waals surface area contributed by atoms with Gasteiger partial charge in [0.25, 0.3) is 0 Å². The second-order valence-corrected chi connectivity index (χ2v) is 6.47. The van der Waals surface area contributed by atoms with E-state index in [1.54, 1.807) is 6.20 Å². The molecule has 0 radical (unpaired) electrons. The largest absolute Gasteiger partial charge is 0.347 e. The van der Waals surface area contributed by atoms with Gasteiger partial charge in [-0.15, -0.1) is 0 Å². The number of fused-ring (bicyclic) bond motifs is 1. The zero-order valence-electron chi connectivity index (χ0n) is 15.9. The summed E-state index contributed by atoms with van der Waals surface area (Å²) in [5.74, 6) is 0. The predicted octanol–water partition coefficient (Wildman–Crippen LogP) is 4.09. The summed E-state index contributed by atoms with van der Waals surface area (Å²) in [5.41, 5.74) is 10.8. The van der Waals surface area contributed by atoms with E-state index in [4.69, 9.17) is 26.8 Å². The molecule has 144 valence electrons. The van der Waals surface area contributed by atoms with E-state index in [9.17, 15) is 0 Å². The summed E-state index contributed by atoms with van der Waals surface area (Å²) in [6, 6.07) is 8.21. The summed E-state index contributed by atoms with van der Waals surface area (Å²) in [4.78, 5) is 8.70. The van der Waals surface area contributed by atoms with Crippen molar-refractivity contribution in [3.05, 3.63) is 47.0 Å². The highest BCUT2D eigenvalue weighted by Crippen LogP contribution is 2.40. The van der Waals surface area contributed by atoms with Crippen molar-refractivity contribution >= 4 is 22.6 Å². The summed E-state index contributed by atoms with van der Waals surface area (Å²) < 4.78 is 13.9. The quantitative estimate of drug-likeness (QED) is 0.464. The zero-order valence-corrected chi connectivity index (χ0v) is 16.7. The van der Waals surface area contributed by atoms with E-state index in [0.717, 1.165) is 33.4 Å². The Labute approximate surface area is 164 Å². The van der Waals surface area contributed by atoms with Gasteiger partial charge in [-0.1, -0.05) is 24.3 Å². The number of benzene rings is 1. The minimum absolute atomic E-state index is 0.200. The molecule has 0 atom stereocenters. The number of aromatic nitrogens is 3. The maximum atomic E-state index is 6.10. The Morgan fingerprint density at radius 3 is 2.52 bits per heavy atom. The number of hydrogen-bond donors (Lipinski definition) is 1. The summed E-state index contributed by atoms with van der Waals surface area (Å²) in [5, 5.41) is 1.10. The zero-order chi connectivity index (χ0) is 19.4. The molecule has 0 unspecified atom stereocenters. The van der Waals surface area contributed by atoms with E-state index in [0.29, 0.717) is 26.3 Å². The third kappa shape index (κ3) is 3.84. The van der Waals surface area contributed by atoms with Crippen molar-refractivity contribution in [2.24, 2.45) is 5.73 Å². The lowest BCUT2D eigenvalue weighted by Gasteiger charge is -2.21. The van der Waals surface area contributed by atoms with Crippen molar-refractivity contribution in [1.29, 1.82) is 0 Å². The average Bonchev–Trinajstić information content (AvgIpc) is 2.96. The molecule has 0 fully saturated rings. The highest BCUT2D eigenvalue weighted by Gasteiger charge is 2.27. The van der Waals surface area contributed by atoms with Crippen LogP contribution in [0.2, 0.25) is 5.28 Å². The van der Waals surface area contributed by atoms with Gasteiger partial charge in [-0.05, 0) is 43.5 Å². The highest BCUT2D eigenvalue weighted by molar-refractivity contribution is 6.28. The van der Waals surface area contributed by atoms with Crippen LogP contribution in [0.4, 0.5) is 0 Å². The molecule has 0 aliphatic heterocycles. The monoisotopic (exact) mass is 388 g/mol. The van der Waals surface area contributed by atoms with E-state index in [1.165, 1.54) is 0 Å². The van der Waals surface area contributed by atoms with Gasteiger partial charge in [0.15, 0.2) is 6.29 Å². The highest BCUT2D eigenvalue weighted by atomic mass is 35.5. The molecule has 27 heavy (non-hydrogen) atoms. The van der Waals surface area contributed by atoms with Crippen LogP contribution in [-0.4, -0.2) is 34.3 Å². The topological polar surface area (TPSA) is 75.2 Å². The van der Waals surface area contributed by atoms with E-state index >= 15 is 0 Å². The van der Waals surface area contributed by atoms with Gasteiger partial charge in [-0.25, -0.2) is 4.98 Å². The standard InChI is InChI=1S/C20H25ClN4O2/c1-4-26-19(27-5-2)17-16(14-9-7-6-8-13(14)3)15-12-23-20(21)24-18(15)25(17)11-10-22/h6-9,12,19H,4-5,10-11,22H2,1-3H3. The first kappa shape index (κ1) is 19.8. The lowest BCUT2D eigenvalue weighted by Crippen LogP contribution is -2.19. The van der Waals surface area contributed by atoms with Gasteiger partial charge in [0, 0.05) is 43.4 Å². The minimum atomic E-state index is -0.533. The fourth-order valence-corrected chi connectivity index (χ4v) is 3.50. The number of hydrogen-bond acceptors (Lipinski definition) is 5. The van der Waals surface area contributed by atoms with Crippen molar-refractivity contribution in [3.8, 4) is 11.1 Å². The number of nitrogens with two attached hydrogens (primary N) is 1. The fraction of sp³-hybridized carbons (Fsp3) is 0.400. The molecule has 1 aromatic carbocycles. The number of aryl methyl sites for hydroxylation is 1. The van der Waals surface area contributed by atoms with Crippen molar-refractivity contribution in [1.82, 2.24) is 14.5 Å². The molecule has 3 aromatic rings. The van der Waals surface area contributed by atoms with Crippen LogP contribution in [-0.2, 0) is 16.0 Å². The van der Waals surface area contributed by atoms with Gasteiger partial charge in [-0.2, -0.15) is 4.98 Å². The van der Waals surface area contributed by atoms with Gasteiger partial charge >= 0.3 is 0 Å². The molecule has 3 rings (SSSR count). The van der Waals surface area contributed by atoms with E-state index in [-0.39, 0.29) is 5.28 Å². The van der Waals surface area contributed by atoms with Gasteiger partial charge in [0.2, 0.25) is 5.28 Å². The van der Waals surface area contributed by atoms with Gasteiger partial charge < -0.3 is 19.8 Å². The number of halogens is 1. The Balaban J connectivity index is 2.40. The van der Waals surface area contributed by atoms with Crippen molar-refractivity contribution in [2.45, 2.75) is 33.6 Å². The molecule has 0 aliphatic carbocycles. The molecule has 0 saturated heterocycles. The second-order valence-electron chi connectivity index (χ2n) is 6.13. The summed E-state index contributed by atoms with van der Waals surface area (Å²) in [6.07, 6.45) is 1.23. The normalized spacial score (nSPS) is 11.6. The van der Waals surface area contributed by atoms with E-state index in [1.807, 2.05) is 30.5 Å². The van der Waals surface area contributed by atoms with Gasteiger partial charge in [0.1, 0.15) is 5.65 Å². The molecular weight excluding hydrogens is 364 g/mol. The number of rotatable bonds is 8. The number of ether oxygens (including phenoxy) is 2. The van der Waals surface area contributed by atoms with Crippen LogP contribution < -0.4 is 5.73 Å². The molecule has 2 heterocycles. The second kappa shape index (κ2) is 8.80. The van der Waals surface area contributed by atoms with Crippen molar-refractivity contribution < 1.29 is 9.47 Å². The van der Waals surface area contributed by atoms with Gasteiger partial charge in [-0.3, -0.25) is 0 Å². The van der Waals surface area contributed by atoms with Gasteiger partial charge in [0.05, 0.1) is 5.69 Å². The molecule has 0 bridgehead atoms. The lowest BCUT2D eigenvalue weighted by atomic mass is 9.98. The Kier molecular flexibility index (Phi) is 6.44. The fourth-order valence-electron chi connectivity index (χ4n) is 3.37.